The Bertz CT molecular complexity index is 683. The summed E-state index contributed by atoms with van der Waals surface area (Å²) in [6, 6.07) is 13.5. The summed E-state index contributed by atoms with van der Waals surface area (Å²) >= 11 is 0. The van der Waals surface area contributed by atoms with Crippen LogP contribution in [0.4, 0.5) is 11.4 Å². The van der Waals surface area contributed by atoms with Gasteiger partial charge in [-0.05, 0) is 30.2 Å². The minimum absolute atomic E-state index is 0.0601. The molecule has 2 aromatic carbocycles. The van der Waals surface area contributed by atoms with Gasteiger partial charge in [-0.3, -0.25) is 14.9 Å². The Labute approximate surface area is 134 Å². The SMILES string of the molecule is CCc1ccc(OCCC(=O)Nc2cccc([N+](=O)[O-])c2)cc1. The van der Waals surface area contributed by atoms with Gasteiger partial charge in [-0.2, -0.15) is 0 Å². The molecular weight excluding hydrogens is 296 g/mol. The molecule has 1 N–H and O–H groups in total. The third-order valence-electron chi connectivity index (χ3n) is 3.27. The lowest BCUT2D eigenvalue weighted by Gasteiger charge is -2.08. The van der Waals surface area contributed by atoms with Crippen LogP contribution >= 0.6 is 0 Å². The summed E-state index contributed by atoms with van der Waals surface area (Å²) < 4.78 is 5.51. The maximum absolute atomic E-state index is 11.8. The first-order chi connectivity index (χ1) is 11.1. The van der Waals surface area contributed by atoms with Crippen molar-refractivity contribution >= 4 is 17.3 Å². The number of nitrogens with one attached hydrogen (secondary N) is 1. The highest BCUT2D eigenvalue weighted by Crippen LogP contribution is 2.17. The van der Waals surface area contributed by atoms with Gasteiger partial charge in [-0.1, -0.05) is 25.1 Å². The van der Waals surface area contributed by atoms with Crippen molar-refractivity contribution in [3.05, 3.63) is 64.2 Å². The molecule has 0 saturated carbocycles. The summed E-state index contributed by atoms with van der Waals surface area (Å²) in [6.07, 6.45) is 1.13. The summed E-state index contributed by atoms with van der Waals surface area (Å²) in [7, 11) is 0. The first-order valence-electron chi connectivity index (χ1n) is 7.34. The molecule has 0 aliphatic rings. The molecule has 2 rings (SSSR count). The number of carbonyl (C=O) groups is 1. The number of ether oxygens (including phenoxy) is 1. The molecule has 0 saturated heterocycles. The Morgan fingerprint density at radius 3 is 2.61 bits per heavy atom. The number of benzene rings is 2. The number of rotatable bonds is 7. The quantitative estimate of drug-likeness (QED) is 0.625. The van der Waals surface area contributed by atoms with E-state index in [0.717, 1.165) is 6.42 Å². The summed E-state index contributed by atoms with van der Waals surface area (Å²) in [5, 5.41) is 13.3. The van der Waals surface area contributed by atoms with E-state index in [1.54, 1.807) is 6.07 Å². The van der Waals surface area contributed by atoms with Crippen molar-refractivity contribution in [2.75, 3.05) is 11.9 Å². The standard InChI is InChI=1S/C17H18N2O4/c1-2-13-6-8-16(9-7-13)23-11-10-17(20)18-14-4-3-5-15(12-14)19(21)22/h3-9,12H,2,10-11H2,1H3,(H,18,20). The Balaban J connectivity index is 1.80. The van der Waals surface area contributed by atoms with Gasteiger partial charge in [0.25, 0.3) is 5.69 Å². The molecule has 120 valence electrons. The third-order valence-corrected chi connectivity index (χ3v) is 3.27. The average Bonchev–Trinajstić information content (AvgIpc) is 2.55. The number of nitro benzene ring substituents is 1. The number of nitro groups is 1. The molecule has 0 spiro atoms. The van der Waals surface area contributed by atoms with Crippen LogP contribution in [0.3, 0.4) is 0 Å². The van der Waals surface area contributed by atoms with Crippen LogP contribution in [0.2, 0.25) is 0 Å². The Hall–Kier alpha value is -2.89. The normalized spacial score (nSPS) is 10.1. The van der Waals surface area contributed by atoms with E-state index in [-0.39, 0.29) is 24.6 Å². The zero-order chi connectivity index (χ0) is 16.7. The predicted molar refractivity (Wildman–Crippen MR) is 87.7 cm³/mol. The highest BCUT2D eigenvalue weighted by Gasteiger charge is 2.08. The minimum atomic E-state index is -0.501. The van der Waals surface area contributed by atoms with E-state index in [4.69, 9.17) is 4.74 Å². The lowest BCUT2D eigenvalue weighted by Crippen LogP contribution is -2.15. The topological polar surface area (TPSA) is 81.5 Å². The highest BCUT2D eigenvalue weighted by molar-refractivity contribution is 5.91. The highest BCUT2D eigenvalue weighted by atomic mass is 16.6. The fourth-order valence-electron chi connectivity index (χ4n) is 2.00. The molecule has 0 unspecified atom stereocenters. The summed E-state index contributed by atoms with van der Waals surface area (Å²) in [5.74, 6) is 0.459. The summed E-state index contributed by atoms with van der Waals surface area (Å²) in [5.41, 5.74) is 1.56. The van der Waals surface area contributed by atoms with Crippen molar-refractivity contribution in [3.8, 4) is 5.75 Å². The van der Waals surface area contributed by atoms with Gasteiger partial charge in [0.2, 0.25) is 5.91 Å². The molecule has 0 radical (unpaired) electrons. The van der Waals surface area contributed by atoms with Crippen molar-refractivity contribution < 1.29 is 14.5 Å². The molecule has 0 atom stereocenters. The molecule has 2 aromatic rings. The molecule has 0 heterocycles. The van der Waals surface area contributed by atoms with E-state index >= 15 is 0 Å². The fraction of sp³-hybridized carbons (Fsp3) is 0.235. The van der Waals surface area contributed by atoms with E-state index in [1.165, 1.54) is 23.8 Å². The van der Waals surface area contributed by atoms with E-state index in [2.05, 4.69) is 12.2 Å². The second-order valence-electron chi connectivity index (χ2n) is 4.95. The lowest BCUT2D eigenvalue weighted by atomic mass is 10.2. The van der Waals surface area contributed by atoms with Crippen molar-refractivity contribution in [1.29, 1.82) is 0 Å². The number of nitrogens with zero attached hydrogens (tertiary/aromatic N) is 1. The molecule has 0 aliphatic heterocycles. The maximum atomic E-state index is 11.8. The molecule has 0 bridgehead atoms. The maximum Gasteiger partial charge on any atom is 0.271 e. The number of non-ortho nitro benzene ring substituents is 1. The number of hydrogen-bond acceptors (Lipinski definition) is 4. The molecule has 6 nitrogen and oxygen atoms in total. The van der Waals surface area contributed by atoms with Crippen LogP contribution in [0.1, 0.15) is 18.9 Å². The number of hydrogen-bond donors (Lipinski definition) is 1. The third kappa shape index (κ3) is 5.10. The first-order valence-corrected chi connectivity index (χ1v) is 7.34. The second-order valence-corrected chi connectivity index (χ2v) is 4.95. The van der Waals surface area contributed by atoms with Gasteiger partial charge in [-0.15, -0.1) is 0 Å². The molecule has 1 amide bonds. The number of carbonyl (C=O) groups excluding carboxylic acids is 1. The van der Waals surface area contributed by atoms with Crippen LogP contribution < -0.4 is 10.1 Å². The Kier molecular flexibility index (Phi) is 5.68. The van der Waals surface area contributed by atoms with Crippen molar-refractivity contribution in [1.82, 2.24) is 0 Å². The summed E-state index contributed by atoms with van der Waals surface area (Å²) in [4.78, 5) is 22.0. The van der Waals surface area contributed by atoms with Crippen molar-refractivity contribution in [2.24, 2.45) is 0 Å². The molecule has 23 heavy (non-hydrogen) atoms. The van der Waals surface area contributed by atoms with Crippen LogP contribution in [0.15, 0.2) is 48.5 Å². The van der Waals surface area contributed by atoms with Gasteiger partial charge >= 0.3 is 0 Å². The van der Waals surface area contributed by atoms with E-state index < -0.39 is 4.92 Å². The second kappa shape index (κ2) is 7.93. The van der Waals surface area contributed by atoms with E-state index in [9.17, 15) is 14.9 Å². The number of aryl methyl sites for hydroxylation is 1. The molecular formula is C17H18N2O4. The van der Waals surface area contributed by atoms with Gasteiger partial charge in [0.1, 0.15) is 5.75 Å². The van der Waals surface area contributed by atoms with Crippen molar-refractivity contribution in [2.45, 2.75) is 19.8 Å². The van der Waals surface area contributed by atoms with Crippen LogP contribution in [0.25, 0.3) is 0 Å². The Morgan fingerprint density at radius 1 is 1.22 bits per heavy atom. The molecule has 0 aromatic heterocycles. The van der Waals surface area contributed by atoms with Gasteiger partial charge in [0, 0.05) is 17.8 Å². The van der Waals surface area contributed by atoms with Gasteiger partial charge in [-0.25, -0.2) is 0 Å². The van der Waals surface area contributed by atoms with Gasteiger partial charge in [0.15, 0.2) is 0 Å². The number of anilines is 1. The van der Waals surface area contributed by atoms with Crippen LogP contribution in [-0.2, 0) is 11.2 Å². The zero-order valence-electron chi connectivity index (χ0n) is 12.8. The zero-order valence-corrected chi connectivity index (χ0v) is 12.8. The predicted octanol–water partition coefficient (Wildman–Crippen LogP) is 3.56. The molecule has 6 heteroatoms. The van der Waals surface area contributed by atoms with Crippen molar-refractivity contribution in [3.63, 3.8) is 0 Å². The number of amides is 1. The van der Waals surface area contributed by atoms with E-state index in [1.807, 2.05) is 24.3 Å². The van der Waals surface area contributed by atoms with Crippen LogP contribution in [-0.4, -0.2) is 17.4 Å². The largest absolute Gasteiger partial charge is 0.493 e. The average molecular weight is 314 g/mol. The van der Waals surface area contributed by atoms with Gasteiger partial charge < -0.3 is 10.1 Å². The Morgan fingerprint density at radius 2 is 1.96 bits per heavy atom. The van der Waals surface area contributed by atoms with Crippen LogP contribution in [0, 0.1) is 10.1 Å². The van der Waals surface area contributed by atoms with Gasteiger partial charge in [0.05, 0.1) is 18.0 Å². The van der Waals surface area contributed by atoms with Crippen LogP contribution in [0.5, 0.6) is 5.75 Å². The lowest BCUT2D eigenvalue weighted by molar-refractivity contribution is -0.384. The smallest absolute Gasteiger partial charge is 0.271 e. The fourth-order valence-corrected chi connectivity index (χ4v) is 2.00. The monoisotopic (exact) mass is 314 g/mol. The molecule has 0 fully saturated rings. The first kappa shape index (κ1) is 16.5. The minimum Gasteiger partial charge on any atom is -0.493 e. The molecule has 0 aliphatic carbocycles. The summed E-state index contributed by atoms with van der Waals surface area (Å²) in [6.45, 7) is 2.32. The van der Waals surface area contributed by atoms with E-state index in [0.29, 0.717) is 11.4 Å².